The molecule has 0 aromatic heterocycles. The van der Waals surface area contributed by atoms with Crippen LogP contribution in [0.3, 0.4) is 0 Å². The molecular weight excluding hydrogens is 397 g/mol. The first-order chi connectivity index (χ1) is 14.9. The van der Waals surface area contributed by atoms with Gasteiger partial charge in [-0.1, -0.05) is 24.3 Å². The fourth-order valence-electron chi connectivity index (χ4n) is 2.75. The molecule has 7 heteroatoms. The van der Waals surface area contributed by atoms with E-state index in [4.69, 9.17) is 0 Å². The van der Waals surface area contributed by atoms with Gasteiger partial charge in [0.2, 0.25) is 5.91 Å². The molecule has 0 aliphatic heterocycles. The molecule has 3 aromatic rings. The lowest BCUT2D eigenvalue weighted by Crippen LogP contribution is -2.17. The number of rotatable bonds is 6. The summed E-state index contributed by atoms with van der Waals surface area (Å²) in [5.74, 6) is -1.44. The molecule has 3 amide bonds. The van der Waals surface area contributed by atoms with Crippen LogP contribution in [-0.2, 0) is 4.79 Å². The van der Waals surface area contributed by atoms with E-state index in [-0.39, 0.29) is 11.8 Å². The summed E-state index contributed by atoms with van der Waals surface area (Å²) in [6, 6.07) is 18.8. The van der Waals surface area contributed by atoms with Gasteiger partial charge in [0.05, 0.1) is 0 Å². The smallest absolute Gasteiger partial charge is 0.255 e. The first kappa shape index (κ1) is 21.4. The minimum atomic E-state index is -0.450. The maximum atomic E-state index is 13.3. The second-order valence-corrected chi connectivity index (χ2v) is 6.57. The molecule has 3 rings (SSSR count). The van der Waals surface area contributed by atoms with Gasteiger partial charge >= 0.3 is 0 Å². The Labute approximate surface area is 178 Å². The highest BCUT2D eigenvalue weighted by Gasteiger charge is 2.08. The predicted octanol–water partition coefficient (Wildman–Crippen LogP) is 4.09. The van der Waals surface area contributed by atoms with Gasteiger partial charge in [-0.2, -0.15) is 0 Å². The Bertz CT molecular complexity index is 1140. The highest BCUT2D eigenvalue weighted by Crippen LogP contribution is 2.15. The van der Waals surface area contributed by atoms with Crippen LogP contribution in [0.4, 0.5) is 15.8 Å². The molecule has 0 saturated carbocycles. The number of amides is 3. The third kappa shape index (κ3) is 6.11. The van der Waals surface area contributed by atoms with Crippen LogP contribution in [0.1, 0.15) is 26.3 Å². The molecule has 0 aliphatic rings. The SMILES string of the molecule is CNC(=O)c1ccc(/C=C/C(=O)Nc2cccc(C(=O)Nc3cccc(F)c3)c2)cc1. The summed E-state index contributed by atoms with van der Waals surface area (Å²) in [7, 11) is 1.56. The van der Waals surface area contributed by atoms with E-state index in [0.717, 1.165) is 5.56 Å². The number of halogens is 1. The zero-order valence-corrected chi connectivity index (χ0v) is 16.7. The van der Waals surface area contributed by atoms with Gasteiger partial charge < -0.3 is 16.0 Å². The summed E-state index contributed by atoms with van der Waals surface area (Å²) in [5, 5.41) is 7.84. The Hall–Kier alpha value is -4.26. The molecule has 0 spiro atoms. The van der Waals surface area contributed by atoms with E-state index in [0.29, 0.717) is 22.5 Å². The van der Waals surface area contributed by atoms with Crippen LogP contribution in [-0.4, -0.2) is 24.8 Å². The van der Waals surface area contributed by atoms with Crippen LogP contribution in [0.25, 0.3) is 6.08 Å². The summed E-state index contributed by atoms with van der Waals surface area (Å²) in [4.78, 5) is 36.1. The lowest BCUT2D eigenvalue weighted by atomic mass is 10.1. The topological polar surface area (TPSA) is 87.3 Å². The Morgan fingerprint density at radius 3 is 2.13 bits per heavy atom. The number of hydrogen-bond donors (Lipinski definition) is 3. The third-order valence-corrected chi connectivity index (χ3v) is 4.30. The van der Waals surface area contributed by atoms with E-state index in [1.807, 2.05) is 0 Å². The molecule has 0 aliphatic carbocycles. The van der Waals surface area contributed by atoms with Crippen molar-refractivity contribution in [3.05, 3.63) is 101 Å². The number of benzene rings is 3. The molecule has 3 N–H and O–H groups in total. The van der Waals surface area contributed by atoms with Crippen LogP contribution < -0.4 is 16.0 Å². The molecule has 0 fully saturated rings. The first-order valence-electron chi connectivity index (χ1n) is 9.43. The van der Waals surface area contributed by atoms with E-state index in [1.165, 1.54) is 30.3 Å². The van der Waals surface area contributed by atoms with Gasteiger partial charge in [-0.15, -0.1) is 0 Å². The van der Waals surface area contributed by atoms with E-state index >= 15 is 0 Å². The van der Waals surface area contributed by atoms with Crippen molar-refractivity contribution >= 4 is 35.2 Å². The number of hydrogen-bond acceptors (Lipinski definition) is 3. The van der Waals surface area contributed by atoms with Gasteiger partial charge in [-0.3, -0.25) is 14.4 Å². The normalized spacial score (nSPS) is 10.5. The number of anilines is 2. The predicted molar refractivity (Wildman–Crippen MR) is 118 cm³/mol. The molecule has 0 radical (unpaired) electrons. The maximum absolute atomic E-state index is 13.3. The lowest BCUT2D eigenvalue weighted by molar-refractivity contribution is -0.111. The van der Waals surface area contributed by atoms with E-state index < -0.39 is 11.7 Å². The summed E-state index contributed by atoms with van der Waals surface area (Å²) in [6.07, 6.45) is 2.97. The number of carbonyl (C=O) groups excluding carboxylic acids is 3. The second kappa shape index (κ2) is 9.98. The largest absolute Gasteiger partial charge is 0.355 e. The maximum Gasteiger partial charge on any atom is 0.255 e. The van der Waals surface area contributed by atoms with Crippen LogP contribution in [0.15, 0.2) is 78.9 Å². The van der Waals surface area contributed by atoms with Crippen molar-refractivity contribution in [1.29, 1.82) is 0 Å². The van der Waals surface area contributed by atoms with Crippen molar-refractivity contribution in [3.8, 4) is 0 Å². The van der Waals surface area contributed by atoms with Crippen LogP contribution in [0, 0.1) is 5.82 Å². The molecule has 3 aromatic carbocycles. The van der Waals surface area contributed by atoms with Crippen LogP contribution >= 0.6 is 0 Å². The van der Waals surface area contributed by atoms with E-state index in [1.54, 1.807) is 61.7 Å². The Balaban J connectivity index is 1.62. The zero-order chi connectivity index (χ0) is 22.2. The summed E-state index contributed by atoms with van der Waals surface area (Å²) in [5.41, 5.74) is 2.38. The van der Waals surface area contributed by atoms with Gasteiger partial charge in [0.1, 0.15) is 5.82 Å². The molecular formula is C24H20FN3O3. The van der Waals surface area contributed by atoms with Gasteiger partial charge in [0.15, 0.2) is 0 Å². The van der Waals surface area contributed by atoms with E-state index in [2.05, 4.69) is 16.0 Å². The summed E-state index contributed by atoms with van der Waals surface area (Å²) in [6.45, 7) is 0. The van der Waals surface area contributed by atoms with Gasteiger partial charge in [0, 0.05) is 35.6 Å². The molecule has 0 bridgehead atoms. The monoisotopic (exact) mass is 417 g/mol. The van der Waals surface area contributed by atoms with Gasteiger partial charge in [-0.25, -0.2) is 4.39 Å². The van der Waals surface area contributed by atoms with Crippen molar-refractivity contribution in [3.63, 3.8) is 0 Å². The number of nitrogens with one attached hydrogen (secondary N) is 3. The lowest BCUT2D eigenvalue weighted by Gasteiger charge is -2.07. The van der Waals surface area contributed by atoms with Crippen molar-refractivity contribution in [1.82, 2.24) is 5.32 Å². The Kier molecular flexibility index (Phi) is 6.90. The molecule has 0 unspecified atom stereocenters. The first-order valence-corrected chi connectivity index (χ1v) is 9.43. The second-order valence-electron chi connectivity index (χ2n) is 6.57. The fraction of sp³-hybridized carbons (Fsp3) is 0.0417. The molecule has 0 atom stereocenters. The molecule has 156 valence electrons. The van der Waals surface area contributed by atoms with Crippen LogP contribution in [0.5, 0.6) is 0 Å². The van der Waals surface area contributed by atoms with Crippen molar-refractivity contribution in [2.24, 2.45) is 0 Å². The van der Waals surface area contributed by atoms with Crippen molar-refractivity contribution < 1.29 is 18.8 Å². The Morgan fingerprint density at radius 1 is 0.774 bits per heavy atom. The standard InChI is InChI=1S/C24H20FN3O3/c1-26-23(30)17-11-8-16(9-12-17)10-13-22(29)27-20-6-2-4-18(14-20)24(31)28-21-7-3-5-19(25)15-21/h2-15H,1H3,(H,26,30)(H,27,29)(H,28,31)/b13-10+. The third-order valence-electron chi connectivity index (χ3n) is 4.30. The summed E-state index contributed by atoms with van der Waals surface area (Å²) < 4.78 is 13.3. The highest BCUT2D eigenvalue weighted by molar-refractivity contribution is 6.06. The van der Waals surface area contributed by atoms with Crippen molar-refractivity contribution in [2.45, 2.75) is 0 Å². The Morgan fingerprint density at radius 2 is 1.45 bits per heavy atom. The molecule has 6 nitrogen and oxygen atoms in total. The van der Waals surface area contributed by atoms with E-state index in [9.17, 15) is 18.8 Å². The molecule has 0 saturated heterocycles. The van der Waals surface area contributed by atoms with Gasteiger partial charge in [0.25, 0.3) is 11.8 Å². The zero-order valence-electron chi connectivity index (χ0n) is 16.7. The molecule has 0 heterocycles. The average molecular weight is 417 g/mol. The summed E-state index contributed by atoms with van der Waals surface area (Å²) >= 11 is 0. The minimum Gasteiger partial charge on any atom is -0.355 e. The minimum absolute atomic E-state index is 0.186. The molecule has 31 heavy (non-hydrogen) atoms. The quantitative estimate of drug-likeness (QED) is 0.528. The van der Waals surface area contributed by atoms with Crippen molar-refractivity contribution in [2.75, 3.05) is 17.7 Å². The van der Waals surface area contributed by atoms with Crippen LogP contribution in [0.2, 0.25) is 0 Å². The van der Waals surface area contributed by atoms with Gasteiger partial charge in [-0.05, 0) is 60.2 Å². The number of carbonyl (C=O) groups is 3. The highest BCUT2D eigenvalue weighted by atomic mass is 19.1. The average Bonchev–Trinajstić information content (AvgIpc) is 2.77. The fourth-order valence-corrected chi connectivity index (χ4v) is 2.75.